The van der Waals surface area contributed by atoms with Crippen LogP contribution in [-0.4, -0.2) is 42.5 Å². The molecule has 5 nitrogen and oxygen atoms in total. The Labute approximate surface area is 94.4 Å². The molecule has 88 valence electrons. The number of fused-ring (bicyclic) bond motifs is 1. The average Bonchev–Trinajstić information content (AvgIpc) is 2.81. The summed E-state index contributed by atoms with van der Waals surface area (Å²) in [7, 11) is 0. The molecule has 0 saturated carbocycles. The number of rotatable bonds is 1. The Hall–Kier alpha value is -1.07. The summed E-state index contributed by atoms with van der Waals surface area (Å²) < 4.78 is 11.5. The molecule has 3 aliphatic heterocycles. The number of ether oxygens (including phenoxy) is 2. The first-order valence-electron chi connectivity index (χ1n) is 5.73. The quantitative estimate of drug-likeness (QED) is 0.690. The first kappa shape index (κ1) is 10.1. The van der Waals surface area contributed by atoms with E-state index < -0.39 is 0 Å². The van der Waals surface area contributed by atoms with Crippen LogP contribution in [-0.2, 0) is 14.3 Å². The van der Waals surface area contributed by atoms with Gasteiger partial charge in [0.1, 0.15) is 6.23 Å². The van der Waals surface area contributed by atoms with Gasteiger partial charge in [-0.1, -0.05) is 0 Å². The fourth-order valence-electron chi connectivity index (χ4n) is 2.51. The summed E-state index contributed by atoms with van der Waals surface area (Å²) in [6.45, 7) is 3.15. The highest BCUT2D eigenvalue weighted by Crippen LogP contribution is 2.32. The van der Waals surface area contributed by atoms with Crippen molar-refractivity contribution in [3.05, 3.63) is 11.8 Å². The molecule has 0 aliphatic carbocycles. The molecule has 5 heteroatoms. The van der Waals surface area contributed by atoms with E-state index in [4.69, 9.17) is 9.47 Å². The fraction of sp³-hybridized carbons (Fsp3) is 0.727. The predicted octanol–water partition coefficient (Wildman–Crippen LogP) is 0.183. The summed E-state index contributed by atoms with van der Waals surface area (Å²) in [6.07, 6.45) is 4.30. The standard InChI is InChI=1S/C11H16N2O3/c1-7-5-13(6-12-11(7)14)10-4-9-8(16-10)2-3-15-9/h5,8-10H,2-4,6H2,1H3,(H,12,14)/t8-,9-,10-/m1/s1. The van der Waals surface area contributed by atoms with Gasteiger partial charge in [0.05, 0.1) is 18.9 Å². The number of carbonyl (C=O) groups excluding carboxylic acids is 1. The van der Waals surface area contributed by atoms with Gasteiger partial charge in [0.25, 0.3) is 0 Å². The molecule has 2 saturated heterocycles. The van der Waals surface area contributed by atoms with Gasteiger partial charge in [-0.05, 0) is 13.3 Å². The summed E-state index contributed by atoms with van der Waals surface area (Å²) in [5, 5.41) is 2.82. The minimum atomic E-state index is 0.00527. The van der Waals surface area contributed by atoms with Gasteiger partial charge in [0.15, 0.2) is 0 Å². The van der Waals surface area contributed by atoms with Crippen molar-refractivity contribution < 1.29 is 14.3 Å². The van der Waals surface area contributed by atoms with E-state index in [1.807, 2.05) is 18.0 Å². The van der Waals surface area contributed by atoms with Crippen LogP contribution in [0.15, 0.2) is 11.8 Å². The lowest BCUT2D eigenvalue weighted by molar-refractivity contribution is -0.120. The second-order valence-corrected chi connectivity index (χ2v) is 4.55. The molecular formula is C11H16N2O3. The molecule has 0 radical (unpaired) electrons. The highest BCUT2D eigenvalue weighted by atomic mass is 16.6. The number of nitrogens with zero attached hydrogens (tertiary/aromatic N) is 1. The minimum absolute atomic E-state index is 0.00527. The zero-order valence-electron chi connectivity index (χ0n) is 9.31. The number of amides is 1. The van der Waals surface area contributed by atoms with Crippen LogP contribution in [0.5, 0.6) is 0 Å². The molecule has 0 spiro atoms. The summed E-state index contributed by atoms with van der Waals surface area (Å²) in [6, 6.07) is 0. The second-order valence-electron chi connectivity index (χ2n) is 4.55. The monoisotopic (exact) mass is 224 g/mol. The van der Waals surface area contributed by atoms with Crippen molar-refractivity contribution in [3.63, 3.8) is 0 Å². The van der Waals surface area contributed by atoms with E-state index >= 15 is 0 Å². The zero-order valence-corrected chi connectivity index (χ0v) is 9.31. The van der Waals surface area contributed by atoms with Gasteiger partial charge in [-0.3, -0.25) is 4.79 Å². The largest absolute Gasteiger partial charge is 0.375 e. The molecule has 1 amide bonds. The maximum atomic E-state index is 11.3. The van der Waals surface area contributed by atoms with Crippen molar-refractivity contribution in [1.82, 2.24) is 10.2 Å². The maximum Gasteiger partial charge on any atom is 0.249 e. The van der Waals surface area contributed by atoms with Crippen molar-refractivity contribution in [2.75, 3.05) is 13.3 Å². The molecule has 3 atom stereocenters. The van der Waals surface area contributed by atoms with E-state index in [9.17, 15) is 4.79 Å². The summed E-state index contributed by atoms with van der Waals surface area (Å²) in [5.74, 6) is 0.00527. The summed E-state index contributed by atoms with van der Waals surface area (Å²) in [5.41, 5.74) is 0.729. The van der Waals surface area contributed by atoms with Crippen molar-refractivity contribution in [2.24, 2.45) is 0 Å². The van der Waals surface area contributed by atoms with Gasteiger partial charge in [-0.2, -0.15) is 0 Å². The Morgan fingerprint density at radius 2 is 2.38 bits per heavy atom. The molecule has 3 heterocycles. The SMILES string of the molecule is CC1=CN([C@H]2C[C@H]3OCC[C@H]3O2)CNC1=O. The van der Waals surface area contributed by atoms with E-state index in [2.05, 4.69) is 5.32 Å². The number of hydrogen-bond donors (Lipinski definition) is 1. The molecule has 3 rings (SSSR count). The molecule has 3 aliphatic rings. The van der Waals surface area contributed by atoms with Crippen molar-refractivity contribution in [3.8, 4) is 0 Å². The normalized spacial score (nSPS) is 38.3. The Morgan fingerprint density at radius 3 is 3.12 bits per heavy atom. The minimum Gasteiger partial charge on any atom is -0.375 e. The summed E-state index contributed by atoms with van der Waals surface area (Å²) in [4.78, 5) is 13.3. The van der Waals surface area contributed by atoms with Crippen LogP contribution in [0, 0.1) is 0 Å². The molecule has 2 fully saturated rings. The molecule has 0 aromatic carbocycles. The lowest BCUT2D eigenvalue weighted by Crippen LogP contribution is -2.45. The lowest BCUT2D eigenvalue weighted by atomic mass is 10.1. The van der Waals surface area contributed by atoms with Gasteiger partial charge >= 0.3 is 0 Å². The highest BCUT2D eigenvalue weighted by molar-refractivity contribution is 5.93. The van der Waals surface area contributed by atoms with E-state index in [-0.39, 0.29) is 24.3 Å². The van der Waals surface area contributed by atoms with E-state index in [0.717, 1.165) is 25.0 Å². The third-order valence-electron chi connectivity index (χ3n) is 3.42. The first-order valence-corrected chi connectivity index (χ1v) is 5.73. The Balaban J connectivity index is 1.69. The fourth-order valence-corrected chi connectivity index (χ4v) is 2.51. The predicted molar refractivity (Wildman–Crippen MR) is 56.2 cm³/mol. The Bertz CT molecular complexity index is 330. The third-order valence-corrected chi connectivity index (χ3v) is 3.42. The number of nitrogens with one attached hydrogen (secondary N) is 1. The maximum absolute atomic E-state index is 11.3. The highest BCUT2D eigenvalue weighted by Gasteiger charge is 2.41. The number of carbonyl (C=O) groups is 1. The van der Waals surface area contributed by atoms with Crippen molar-refractivity contribution in [2.45, 2.75) is 38.2 Å². The van der Waals surface area contributed by atoms with Crippen LogP contribution >= 0.6 is 0 Å². The van der Waals surface area contributed by atoms with Gasteiger partial charge in [0, 0.05) is 24.8 Å². The molecular weight excluding hydrogens is 208 g/mol. The Morgan fingerprint density at radius 1 is 1.50 bits per heavy atom. The van der Waals surface area contributed by atoms with Gasteiger partial charge in [0.2, 0.25) is 5.91 Å². The average molecular weight is 224 g/mol. The van der Waals surface area contributed by atoms with Crippen LogP contribution in [0.25, 0.3) is 0 Å². The van der Waals surface area contributed by atoms with E-state index in [1.165, 1.54) is 0 Å². The van der Waals surface area contributed by atoms with Crippen molar-refractivity contribution in [1.29, 1.82) is 0 Å². The lowest BCUT2D eigenvalue weighted by Gasteiger charge is -2.31. The third kappa shape index (κ3) is 1.60. The smallest absolute Gasteiger partial charge is 0.249 e. The van der Waals surface area contributed by atoms with Crippen LogP contribution in [0.3, 0.4) is 0 Å². The number of hydrogen-bond acceptors (Lipinski definition) is 4. The molecule has 16 heavy (non-hydrogen) atoms. The molecule has 0 bridgehead atoms. The van der Waals surface area contributed by atoms with Crippen LogP contribution in [0.4, 0.5) is 0 Å². The molecule has 0 unspecified atom stereocenters. The molecule has 0 aromatic rings. The van der Waals surface area contributed by atoms with Crippen LogP contribution in [0.1, 0.15) is 19.8 Å². The van der Waals surface area contributed by atoms with Gasteiger partial charge in [-0.25, -0.2) is 0 Å². The van der Waals surface area contributed by atoms with Gasteiger partial charge in [-0.15, -0.1) is 0 Å². The van der Waals surface area contributed by atoms with Crippen LogP contribution in [0.2, 0.25) is 0 Å². The Kier molecular flexibility index (Phi) is 2.37. The summed E-state index contributed by atoms with van der Waals surface area (Å²) >= 11 is 0. The topological polar surface area (TPSA) is 50.8 Å². The molecule has 1 N–H and O–H groups in total. The second kappa shape index (κ2) is 3.75. The zero-order chi connectivity index (χ0) is 11.1. The molecule has 0 aromatic heterocycles. The van der Waals surface area contributed by atoms with Gasteiger partial charge < -0.3 is 19.7 Å². The van der Waals surface area contributed by atoms with E-state index in [0.29, 0.717) is 6.67 Å². The van der Waals surface area contributed by atoms with Crippen LogP contribution < -0.4 is 5.32 Å². The van der Waals surface area contributed by atoms with E-state index in [1.54, 1.807) is 0 Å². The van der Waals surface area contributed by atoms with Crippen molar-refractivity contribution >= 4 is 5.91 Å². The first-order chi connectivity index (χ1) is 7.74.